The quantitative estimate of drug-likeness (QED) is 0.872. The lowest BCUT2D eigenvalue weighted by atomic mass is 9.96. The van der Waals surface area contributed by atoms with Gasteiger partial charge in [0.15, 0.2) is 0 Å². The van der Waals surface area contributed by atoms with Crippen LogP contribution in [0, 0.1) is 5.92 Å². The van der Waals surface area contributed by atoms with Crippen LogP contribution in [0.2, 0.25) is 0 Å². The molecule has 1 aromatic heterocycles. The first-order chi connectivity index (χ1) is 10.2. The molecule has 2 fully saturated rings. The Balaban J connectivity index is 1.81. The maximum Gasteiger partial charge on any atom is 0.136 e. The minimum atomic E-state index is -0.259. The number of β-amino-alcohol motifs (C(OH)–C–C–N with tert-alkyl or cyclic N) is 1. The molecule has 0 spiro atoms. The third-order valence-corrected chi connectivity index (χ3v) is 4.47. The zero-order chi connectivity index (χ0) is 14.8. The van der Waals surface area contributed by atoms with Gasteiger partial charge < -0.3 is 15.3 Å². The number of nitrogens with one attached hydrogen (secondary N) is 1. The van der Waals surface area contributed by atoms with Gasteiger partial charge in [-0.2, -0.15) is 0 Å². The van der Waals surface area contributed by atoms with Crippen molar-refractivity contribution in [1.82, 2.24) is 9.97 Å². The van der Waals surface area contributed by atoms with E-state index >= 15 is 0 Å². The maximum atomic E-state index is 10.1. The van der Waals surface area contributed by atoms with Crippen molar-refractivity contribution in [2.45, 2.75) is 51.6 Å². The molecule has 1 aliphatic carbocycles. The van der Waals surface area contributed by atoms with E-state index in [1.807, 2.05) is 6.07 Å². The minimum absolute atomic E-state index is 0.259. The normalized spacial score (nSPS) is 26.0. The van der Waals surface area contributed by atoms with Crippen LogP contribution >= 0.6 is 0 Å². The molecule has 21 heavy (non-hydrogen) atoms. The molecule has 1 saturated heterocycles. The van der Waals surface area contributed by atoms with Gasteiger partial charge in [0, 0.05) is 31.6 Å². The molecule has 2 heterocycles. The van der Waals surface area contributed by atoms with Gasteiger partial charge in [-0.15, -0.1) is 0 Å². The Hall–Kier alpha value is -1.36. The van der Waals surface area contributed by atoms with Crippen LogP contribution in [0.25, 0.3) is 0 Å². The number of nitrogens with zero attached hydrogens (tertiary/aromatic N) is 3. The summed E-state index contributed by atoms with van der Waals surface area (Å²) < 4.78 is 0. The molecular weight excluding hydrogens is 264 g/mol. The van der Waals surface area contributed by atoms with E-state index in [9.17, 15) is 5.11 Å². The molecule has 5 heteroatoms. The molecule has 2 N–H and O–H groups in total. The van der Waals surface area contributed by atoms with Crippen LogP contribution in [0.3, 0.4) is 0 Å². The molecule has 0 amide bonds. The number of aliphatic hydroxyl groups excluding tert-OH is 1. The number of piperidine rings is 1. The highest BCUT2D eigenvalue weighted by Crippen LogP contribution is 2.39. The van der Waals surface area contributed by atoms with Gasteiger partial charge in [-0.05, 0) is 31.6 Å². The van der Waals surface area contributed by atoms with Crippen molar-refractivity contribution < 1.29 is 5.11 Å². The van der Waals surface area contributed by atoms with Gasteiger partial charge in [0.2, 0.25) is 0 Å². The van der Waals surface area contributed by atoms with Crippen LogP contribution in [-0.2, 0) is 0 Å². The molecule has 2 unspecified atom stereocenters. The lowest BCUT2D eigenvalue weighted by molar-refractivity contribution is 0.102. The van der Waals surface area contributed by atoms with E-state index in [2.05, 4.69) is 29.0 Å². The predicted octanol–water partition coefficient (Wildman–Crippen LogP) is 2.38. The first kappa shape index (κ1) is 14.6. The number of rotatable bonds is 5. The van der Waals surface area contributed by atoms with Crippen LogP contribution in [0.5, 0.6) is 0 Å². The summed E-state index contributed by atoms with van der Waals surface area (Å²) in [6.07, 6.45) is 4.25. The number of hydrogen-bond donors (Lipinski definition) is 2. The van der Waals surface area contributed by atoms with Crippen molar-refractivity contribution in [2.75, 3.05) is 29.9 Å². The van der Waals surface area contributed by atoms with Gasteiger partial charge in [-0.3, -0.25) is 0 Å². The zero-order valence-electron chi connectivity index (χ0n) is 13.0. The number of aliphatic hydroxyl groups is 1. The van der Waals surface area contributed by atoms with Crippen molar-refractivity contribution in [3.05, 3.63) is 11.9 Å². The molecule has 0 aromatic carbocycles. The fourth-order valence-corrected chi connectivity index (χ4v) is 2.74. The van der Waals surface area contributed by atoms with Crippen molar-refractivity contribution in [3.63, 3.8) is 0 Å². The second-order valence-electron chi connectivity index (χ2n) is 6.45. The Morgan fingerprint density at radius 1 is 1.33 bits per heavy atom. The standard InChI is InChI=1S/C16H26N4O/c1-3-7-17-14-9-15(19-16(18-14)12-4-5-12)20-8-6-11(2)13(21)10-20/h9,11-13,21H,3-8,10H2,1-2H3,(H,17,18,19). The fraction of sp³-hybridized carbons (Fsp3) is 0.750. The van der Waals surface area contributed by atoms with Gasteiger partial charge in [-0.1, -0.05) is 13.8 Å². The Labute approximate surface area is 126 Å². The Kier molecular flexibility index (Phi) is 4.29. The van der Waals surface area contributed by atoms with E-state index in [4.69, 9.17) is 4.98 Å². The largest absolute Gasteiger partial charge is 0.391 e. The zero-order valence-corrected chi connectivity index (χ0v) is 13.0. The average molecular weight is 290 g/mol. The Bertz CT molecular complexity index is 489. The maximum absolute atomic E-state index is 10.1. The lowest BCUT2D eigenvalue weighted by Crippen LogP contribution is -2.43. The molecule has 2 atom stereocenters. The molecular formula is C16H26N4O. The summed E-state index contributed by atoms with van der Waals surface area (Å²) in [7, 11) is 0. The molecule has 3 rings (SSSR count). The molecule has 0 radical (unpaired) electrons. The highest BCUT2D eigenvalue weighted by molar-refractivity contribution is 5.50. The van der Waals surface area contributed by atoms with E-state index in [0.29, 0.717) is 18.4 Å². The molecule has 1 aliphatic heterocycles. The van der Waals surface area contributed by atoms with E-state index in [-0.39, 0.29) is 6.10 Å². The molecule has 1 aromatic rings. The lowest BCUT2D eigenvalue weighted by Gasteiger charge is -2.35. The second kappa shape index (κ2) is 6.18. The topological polar surface area (TPSA) is 61.3 Å². The summed E-state index contributed by atoms with van der Waals surface area (Å²) in [5.41, 5.74) is 0. The van der Waals surface area contributed by atoms with Crippen LogP contribution in [0.1, 0.15) is 51.3 Å². The molecule has 5 nitrogen and oxygen atoms in total. The summed E-state index contributed by atoms with van der Waals surface area (Å²) >= 11 is 0. The minimum Gasteiger partial charge on any atom is -0.391 e. The van der Waals surface area contributed by atoms with E-state index in [0.717, 1.165) is 43.4 Å². The first-order valence-electron chi connectivity index (χ1n) is 8.23. The predicted molar refractivity (Wildman–Crippen MR) is 84.8 cm³/mol. The van der Waals surface area contributed by atoms with Gasteiger partial charge in [0.05, 0.1) is 6.10 Å². The summed E-state index contributed by atoms with van der Waals surface area (Å²) in [6.45, 7) is 6.84. The third kappa shape index (κ3) is 3.46. The summed E-state index contributed by atoms with van der Waals surface area (Å²) in [4.78, 5) is 11.6. The summed E-state index contributed by atoms with van der Waals surface area (Å²) in [5.74, 6) is 3.79. The molecule has 116 valence electrons. The average Bonchev–Trinajstić information content (AvgIpc) is 3.32. The van der Waals surface area contributed by atoms with Gasteiger partial charge in [0.25, 0.3) is 0 Å². The highest BCUT2D eigenvalue weighted by Gasteiger charge is 2.30. The van der Waals surface area contributed by atoms with Crippen molar-refractivity contribution in [1.29, 1.82) is 0 Å². The van der Waals surface area contributed by atoms with Crippen LogP contribution in [0.15, 0.2) is 6.07 Å². The molecule has 1 saturated carbocycles. The van der Waals surface area contributed by atoms with Crippen LogP contribution in [-0.4, -0.2) is 40.8 Å². The summed E-state index contributed by atoms with van der Waals surface area (Å²) in [5, 5.41) is 13.5. The van der Waals surface area contributed by atoms with Crippen LogP contribution in [0.4, 0.5) is 11.6 Å². The van der Waals surface area contributed by atoms with Crippen LogP contribution < -0.4 is 10.2 Å². The monoisotopic (exact) mass is 290 g/mol. The fourth-order valence-electron chi connectivity index (χ4n) is 2.74. The number of anilines is 2. The second-order valence-corrected chi connectivity index (χ2v) is 6.45. The van der Waals surface area contributed by atoms with Gasteiger partial charge in [-0.25, -0.2) is 9.97 Å². The van der Waals surface area contributed by atoms with Crippen molar-refractivity contribution in [2.24, 2.45) is 5.92 Å². The van der Waals surface area contributed by atoms with Crippen molar-refractivity contribution >= 4 is 11.6 Å². The van der Waals surface area contributed by atoms with E-state index in [1.54, 1.807) is 0 Å². The SMILES string of the molecule is CCCNc1cc(N2CCC(C)C(O)C2)nc(C2CC2)n1. The first-order valence-corrected chi connectivity index (χ1v) is 8.23. The third-order valence-electron chi connectivity index (χ3n) is 4.47. The van der Waals surface area contributed by atoms with E-state index in [1.165, 1.54) is 12.8 Å². The van der Waals surface area contributed by atoms with E-state index < -0.39 is 0 Å². The Morgan fingerprint density at radius 2 is 2.14 bits per heavy atom. The Morgan fingerprint density at radius 3 is 2.81 bits per heavy atom. The van der Waals surface area contributed by atoms with Crippen molar-refractivity contribution in [3.8, 4) is 0 Å². The molecule has 0 bridgehead atoms. The van der Waals surface area contributed by atoms with Gasteiger partial charge >= 0.3 is 0 Å². The van der Waals surface area contributed by atoms with Gasteiger partial charge in [0.1, 0.15) is 17.5 Å². The molecule has 2 aliphatic rings. The highest BCUT2D eigenvalue weighted by atomic mass is 16.3. The number of aromatic nitrogens is 2. The smallest absolute Gasteiger partial charge is 0.136 e. The number of hydrogen-bond acceptors (Lipinski definition) is 5. The summed E-state index contributed by atoms with van der Waals surface area (Å²) in [6, 6.07) is 2.03.